The Kier molecular flexibility index (Phi) is 3.80. The lowest BCUT2D eigenvalue weighted by molar-refractivity contribution is 0.210. The molecule has 0 unspecified atom stereocenters. The van der Waals surface area contributed by atoms with E-state index in [1.165, 1.54) is 31.3 Å². The van der Waals surface area contributed by atoms with E-state index in [9.17, 15) is 4.39 Å². The molecule has 1 fully saturated rings. The monoisotopic (exact) mass is 326 g/mol. The van der Waals surface area contributed by atoms with Crippen molar-refractivity contribution in [3.05, 3.63) is 42.6 Å². The van der Waals surface area contributed by atoms with Crippen molar-refractivity contribution in [2.24, 2.45) is 7.05 Å². The summed E-state index contributed by atoms with van der Waals surface area (Å²) in [7, 11) is 1.94. The number of hydrogen-bond acceptors (Lipinski definition) is 4. The highest BCUT2D eigenvalue weighted by molar-refractivity contribution is 5.88. The number of rotatable bonds is 4. The van der Waals surface area contributed by atoms with Crippen molar-refractivity contribution in [3.8, 4) is 5.75 Å². The van der Waals surface area contributed by atoms with Crippen molar-refractivity contribution in [3.63, 3.8) is 0 Å². The van der Waals surface area contributed by atoms with Gasteiger partial charge in [0.05, 0.1) is 17.3 Å². The van der Waals surface area contributed by atoms with Gasteiger partial charge in [0.1, 0.15) is 23.4 Å². The largest absolute Gasteiger partial charge is 0.488 e. The number of benzene rings is 1. The van der Waals surface area contributed by atoms with Gasteiger partial charge in [-0.25, -0.2) is 14.4 Å². The van der Waals surface area contributed by atoms with Gasteiger partial charge in [-0.3, -0.25) is 0 Å². The maximum atomic E-state index is 13.7. The number of aromatic nitrogens is 3. The van der Waals surface area contributed by atoms with Crippen LogP contribution in [-0.4, -0.2) is 20.6 Å². The van der Waals surface area contributed by atoms with Crippen LogP contribution < -0.4 is 10.1 Å². The highest BCUT2D eigenvalue weighted by atomic mass is 19.1. The standard InChI is InChI=1S/C18H19FN4O/c1-23-9-8-15-17(23)18(21-11-20-15)22-14-7-6-12(19)10-16(14)24-13-4-2-3-5-13/h6-11,13H,2-5H2,1H3,(H,20,21,22). The van der Waals surface area contributed by atoms with E-state index in [1.54, 1.807) is 6.07 Å². The third kappa shape index (κ3) is 2.79. The first-order valence-corrected chi connectivity index (χ1v) is 8.20. The first-order chi connectivity index (χ1) is 11.7. The van der Waals surface area contributed by atoms with Crippen LogP contribution in [0.3, 0.4) is 0 Å². The lowest BCUT2D eigenvalue weighted by Crippen LogP contribution is -2.12. The molecule has 24 heavy (non-hydrogen) atoms. The van der Waals surface area contributed by atoms with Crippen molar-refractivity contribution in [2.45, 2.75) is 31.8 Å². The van der Waals surface area contributed by atoms with E-state index < -0.39 is 0 Å². The summed E-state index contributed by atoms with van der Waals surface area (Å²) >= 11 is 0. The highest BCUT2D eigenvalue weighted by Gasteiger charge is 2.19. The molecule has 4 rings (SSSR count). The molecule has 0 radical (unpaired) electrons. The predicted octanol–water partition coefficient (Wildman–Crippen LogP) is 4.17. The van der Waals surface area contributed by atoms with Crippen molar-refractivity contribution >= 4 is 22.5 Å². The van der Waals surface area contributed by atoms with E-state index in [2.05, 4.69) is 15.3 Å². The summed E-state index contributed by atoms with van der Waals surface area (Å²) in [6, 6.07) is 6.48. The zero-order valence-electron chi connectivity index (χ0n) is 13.5. The van der Waals surface area contributed by atoms with Crippen LogP contribution in [-0.2, 0) is 7.05 Å². The third-order valence-electron chi connectivity index (χ3n) is 4.45. The van der Waals surface area contributed by atoms with Gasteiger partial charge < -0.3 is 14.6 Å². The molecule has 3 aromatic rings. The van der Waals surface area contributed by atoms with E-state index in [4.69, 9.17) is 4.74 Å². The van der Waals surface area contributed by atoms with E-state index in [-0.39, 0.29) is 11.9 Å². The molecular formula is C18H19FN4O. The van der Waals surface area contributed by atoms with Crippen LogP contribution in [0.5, 0.6) is 5.75 Å². The SMILES string of the molecule is Cn1ccc2ncnc(Nc3ccc(F)cc3OC3CCCC3)c21. The second-order valence-electron chi connectivity index (χ2n) is 6.17. The Balaban J connectivity index is 1.69. The minimum absolute atomic E-state index is 0.160. The predicted molar refractivity (Wildman–Crippen MR) is 91.1 cm³/mol. The average molecular weight is 326 g/mol. The average Bonchev–Trinajstić information content (AvgIpc) is 3.21. The smallest absolute Gasteiger partial charge is 0.158 e. The fraction of sp³-hybridized carbons (Fsp3) is 0.333. The molecule has 6 heteroatoms. The molecule has 2 aromatic heterocycles. The Morgan fingerprint density at radius 2 is 2.04 bits per heavy atom. The number of aryl methyl sites for hydroxylation is 1. The number of nitrogens with zero attached hydrogens (tertiary/aromatic N) is 3. The molecule has 0 aliphatic heterocycles. The Morgan fingerprint density at radius 3 is 2.88 bits per heavy atom. The van der Waals surface area contributed by atoms with Crippen LogP contribution in [0.2, 0.25) is 0 Å². The van der Waals surface area contributed by atoms with Crippen LogP contribution in [0.15, 0.2) is 36.8 Å². The molecule has 1 aliphatic rings. The maximum Gasteiger partial charge on any atom is 0.158 e. The van der Waals surface area contributed by atoms with E-state index in [0.717, 1.165) is 23.9 Å². The van der Waals surface area contributed by atoms with E-state index in [0.29, 0.717) is 17.3 Å². The van der Waals surface area contributed by atoms with Gasteiger partial charge in [-0.1, -0.05) is 0 Å². The molecule has 0 spiro atoms. The van der Waals surface area contributed by atoms with Gasteiger partial charge in [-0.2, -0.15) is 0 Å². The summed E-state index contributed by atoms with van der Waals surface area (Å²) in [5.74, 6) is 0.901. The Labute approximate surface area is 139 Å². The quantitative estimate of drug-likeness (QED) is 0.782. The van der Waals surface area contributed by atoms with Crippen molar-refractivity contribution in [2.75, 3.05) is 5.32 Å². The Hall–Kier alpha value is -2.63. The van der Waals surface area contributed by atoms with Gasteiger partial charge >= 0.3 is 0 Å². The van der Waals surface area contributed by atoms with E-state index in [1.807, 2.05) is 23.9 Å². The van der Waals surface area contributed by atoms with E-state index >= 15 is 0 Å². The van der Waals surface area contributed by atoms with Crippen molar-refractivity contribution < 1.29 is 9.13 Å². The second kappa shape index (κ2) is 6.11. The van der Waals surface area contributed by atoms with Gasteiger partial charge in [-0.05, 0) is 43.9 Å². The second-order valence-corrected chi connectivity index (χ2v) is 6.17. The highest BCUT2D eigenvalue weighted by Crippen LogP contribution is 2.33. The molecule has 1 N–H and O–H groups in total. The zero-order valence-corrected chi connectivity index (χ0v) is 13.5. The molecule has 0 amide bonds. The first-order valence-electron chi connectivity index (χ1n) is 8.20. The first kappa shape index (κ1) is 14.9. The molecular weight excluding hydrogens is 307 g/mol. The zero-order chi connectivity index (χ0) is 16.5. The summed E-state index contributed by atoms with van der Waals surface area (Å²) in [5, 5.41) is 3.28. The topological polar surface area (TPSA) is 52.0 Å². The van der Waals surface area contributed by atoms with Crippen LogP contribution >= 0.6 is 0 Å². The summed E-state index contributed by atoms with van der Waals surface area (Å²) < 4.78 is 21.7. The number of nitrogens with one attached hydrogen (secondary N) is 1. The van der Waals surface area contributed by atoms with Gasteiger partial charge in [0.2, 0.25) is 0 Å². The third-order valence-corrected chi connectivity index (χ3v) is 4.45. The summed E-state index contributed by atoms with van der Waals surface area (Å²) in [6.45, 7) is 0. The molecule has 0 atom stereocenters. The molecule has 2 heterocycles. The lowest BCUT2D eigenvalue weighted by Gasteiger charge is -2.17. The van der Waals surface area contributed by atoms with Crippen LogP contribution in [0.4, 0.5) is 15.9 Å². The van der Waals surface area contributed by atoms with Crippen LogP contribution in [0.25, 0.3) is 11.0 Å². The normalized spacial score (nSPS) is 15.1. The minimum atomic E-state index is -0.305. The number of anilines is 2. The van der Waals surface area contributed by atoms with Gasteiger partial charge in [-0.15, -0.1) is 0 Å². The van der Waals surface area contributed by atoms with Gasteiger partial charge in [0.15, 0.2) is 5.82 Å². The fourth-order valence-corrected chi connectivity index (χ4v) is 3.22. The van der Waals surface area contributed by atoms with Crippen molar-refractivity contribution in [1.82, 2.24) is 14.5 Å². The lowest BCUT2D eigenvalue weighted by atomic mass is 10.2. The fourth-order valence-electron chi connectivity index (χ4n) is 3.22. The summed E-state index contributed by atoms with van der Waals surface area (Å²) in [4.78, 5) is 8.60. The molecule has 0 bridgehead atoms. The molecule has 1 saturated carbocycles. The molecule has 1 aliphatic carbocycles. The molecule has 1 aromatic carbocycles. The summed E-state index contributed by atoms with van der Waals surface area (Å²) in [5.41, 5.74) is 2.47. The van der Waals surface area contributed by atoms with Crippen molar-refractivity contribution in [1.29, 1.82) is 0 Å². The number of ether oxygens (including phenoxy) is 1. The molecule has 124 valence electrons. The van der Waals surface area contributed by atoms with Gasteiger partial charge in [0.25, 0.3) is 0 Å². The Bertz CT molecular complexity index is 871. The molecule has 0 saturated heterocycles. The van der Waals surface area contributed by atoms with Crippen LogP contribution in [0.1, 0.15) is 25.7 Å². The number of hydrogen-bond donors (Lipinski definition) is 1. The Morgan fingerprint density at radius 1 is 1.21 bits per heavy atom. The summed E-state index contributed by atoms with van der Waals surface area (Å²) in [6.07, 6.45) is 7.98. The number of fused-ring (bicyclic) bond motifs is 1. The van der Waals surface area contributed by atoms with Crippen LogP contribution in [0, 0.1) is 5.82 Å². The maximum absolute atomic E-state index is 13.7. The number of halogens is 1. The molecule has 5 nitrogen and oxygen atoms in total. The van der Waals surface area contributed by atoms with Gasteiger partial charge in [0, 0.05) is 19.3 Å². The minimum Gasteiger partial charge on any atom is -0.488 e.